The van der Waals surface area contributed by atoms with Crippen molar-refractivity contribution < 1.29 is 14.2 Å². The Kier molecular flexibility index (Phi) is 4.68. The molecular weight excluding hydrogens is 428 g/mol. The average Bonchev–Trinajstić information content (AvgIpc) is 2.63. The summed E-state index contributed by atoms with van der Waals surface area (Å²) in [6.45, 7) is 4.67. The van der Waals surface area contributed by atoms with Crippen LogP contribution in [0.2, 0.25) is 0 Å². The van der Waals surface area contributed by atoms with Crippen LogP contribution in [0.1, 0.15) is 31.9 Å². The minimum Gasteiger partial charge on any atom is -0.494 e. The van der Waals surface area contributed by atoms with E-state index in [4.69, 9.17) is 26.4 Å². The topological polar surface area (TPSA) is 43.0 Å². The molecule has 1 saturated heterocycles. The number of benzene rings is 2. The Morgan fingerprint density at radius 2 is 2.07 bits per heavy atom. The first-order valence-electron chi connectivity index (χ1n) is 8.85. The monoisotopic (exact) mass is 448 g/mol. The maximum absolute atomic E-state index is 6.50. The summed E-state index contributed by atoms with van der Waals surface area (Å²) in [5.41, 5.74) is 1.39. The van der Waals surface area contributed by atoms with Crippen molar-refractivity contribution in [2.45, 2.75) is 32.0 Å². The lowest BCUT2D eigenvalue weighted by Gasteiger charge is -2.52. The van der Waals surface area contributed by atoms with Gasteiger partial charge in [-0.3, -0.25) is 4.90 Å². The Bertz CT molecular complexity index is 890. The van der Waals surface area contributed by atoms with E-state index in [1.54, 1.807) is 7.11 Å². The van der Waals surface area contributed by atoms with E-state index in [9.17, 15) is 0 Å². The van der Waals surface area contributed by atoms with E-state index in [1.807, 2.05) is 42.2 Å². The van der Waals surface area contributed by atoms with Crippen LogP contribution in [0, 0.1) is 0 Å². The first-order chi connectivity index (χ1) is 12.9. The molecule has 1 fully saturated rings. The highest BCUT2D eigenvalue weighted by molar-refractivity contribution is 9.10. The lowest BCUT2D eigenvalue weighted by Crippen LogP contribution is -2.65. The van der Waals surface area contributed by atoms with Crippen LogP contribution in [0.5, 0.6) is 17.2 Å². The van der Waals surface area contributed by atoms with Crippen LogP contribution in [0.15, 0.2) is 40.9 Å². The van der Waals surface area contributed by atoms with E-state index in [-0.39, 0.29) is 6.04 Å². The molecule has 0 saturated carbocycles. The zero-order chi connectivity index (χ0) is 19.2. The van der Waals surface area contributed by atoms with E-state index in [0.29, 0.717) is 17.5 Å². The number of nitrogens with zero attached hydrogens (tertiary/aromatic N) is 1. The third-order valence-corrected chi connectivity index (χ3v) is 5.69. The molecular formula is C20H21BrN2O3S. The third kappa shape index (κ3) is 3.12. The van der Waals surface area contributed by atoms with Crippen molar-refractivity contribution in [3.8, 4) is 17.2 Å². The molecule has 2 aromatic rings. The quantitative estimate of drug-likeness (QED) is 0.678. The van der Waals surface area contributed by atoms with Gasteiger partial charge in [-0.25, -0.2) is 0 Å². The second-order valence-electron chi connectivity index (χ2n) is 6.77. The number of ether oxygens (including phenoxy) is 3. The molecule has 2 atom stereocenters. The zero-order valence-corrected chi connectivity index (χ0v) is 17.8. The number of thiocarbonyl (C=S) groups is 1. The van der Waals surface area contributed by atoms with Gasteiger partial charge in [-0.1, -0.05) is 15.9 Å². The van der Waals surface area contributed by atoms with Crippen molar-refractivity contribution in [3.05, 3.63) is 46.4 Å². The minimum absolute atomic E-state index is 0.0663. The van der Waals surface area contributed by atoms with Crippen molar-refractivity contribution >= 4 is 38.9 Å². The highest BCUT2D eigenvalue weighted by atomic mass is 79.9. The highest BCUT2D eigenvalue weighted by Crippen LogP contribution is 2.50. The van der Waals surface area contributed by atoms with Crippen LogP contribution in [0.25, 0.3) is 0 Å². The number of fused-ring (bicyclic) bond motifs is 4. The van der Waals surface area contributed by atoms with Crippen molar-refractivity contribution in [2.75, 3.05) is 18.6 Å². The van der Waals surface area contributed by atoms with Gasteiger partial charge in [-0.2, -0.15) is 0 Å². The van der Waals surface area contributed by atoms with Gasteiger partial charge < -0.3 is 19.5 Å². The van der Waals surface area contributed by atoms with Crippen LogP contribution in [0.3, 0.4) is 0 Å². The van der Waals surface area contributed by atoms with Gasteiger partial charge in [-0.15, -0.1) is 0 Å². The van der Waals surface area contributed by atoms with E-state index < -0.39 is 5.72 Å². The molecule has 1 N–H and O–H groups in total. The van der Waals surface area contributed by atoms with Gasteiger partial charge in [0.15, 0.2) is 22.3 Å². The molecule has 142 valence electrons. The van der Waals surface area contributed by atoms with Gasteiger partial charge in [0.1, 0.15) is 5.75 Å². The molecule has 2 heterocycles. The molecule has 7 heteroatoms. The molecule has 5 nitrogen and oxygen atoms in total. The number of hydrogen-bond donors (Lipinski definition) is 1. The average molecular weight is 449 g/mol. The molecule has 2 bridgehead atoms. The second kappa shape index (κ2) is 6.87. The molecule has 0 spiro atoms. The predicted octanol–water partition coefficient (Wildman–Crippen LogP) is 4.79. The van der Waals surface area contributed by atoms with E-state index in [0.717, 1.165) is 33.6 Å². The molecule has 0 radical (unpaired) electrons. The summed E-state index contributed by atoms with van der Waals surface area (Å²) in [6.07, 6.45) is 0.757. The van der Waals surface area contributed by atoms with Crippen LogP contribution in [-0.2, 0) is 0 Å². The van der Waals surface area contributed by atoms with E-state index in [2.05, 4.69) is 34.2 Å². The number of methoxy groups -OCH3 is 1. The fraction of sp³-hybridized carbons (Fsp3) is 0.350. The summed E-state index contributed by atoms with van der Waals surface area (Å²) in [4.78, 5) is 2.03. The smallest absolute Gasteiger partial charge is 0.188 e. The SMILES string of the molecule is CCOc1ccc(N2C(=S)NC3CC2(C)Oc2c(OC)cc(Br)cc23)cc1. The lowest BCUT2D eigenvalue weighted by molar-refractivity contribution is 0.0463. The van der Waals surface area contributed by atoms with Gasteiger partial charge in [0, 0.05) is 22.1 Å². The Balaban J connectivity index is 1.75. The summed E-state index contributed by atoms with van der Waals surface area (Å²) in [7, 11) is 1.65. The largest absolute Gasteiger partial charge is 0.494 e. The highest BCUT2D eigenvalue weighted by Gasteiger charge is 2.49. The van der Waals surface area contributed by atoms with Crippen molar-refractivity contribution in [2.24, 2.45) is 0 Å². The molecule has 0 amide bonds. The van der Waals surface area contributed by atoms with Crippen LogP contribution >= 0.6 is 28.1 Å². The van der Waals surface area contributed by atoms with Crippen LogP contribution < -0.4 is 24.4 Å². The molecule has 2 aliphatic heterocycles. The Labute approximate surface area is 172 Å². The number of rotatable bonds is 4. The Morgan fingerprint density at radius 1 is 1.33 bits per heavy atom. The predicted molar refractivity (Wildman–Crippen MR) is 113 cm³/mol. The molecule has 2 aromatic carbocycles. The minimum atomic E-state index is -0.617. The number of anilines is 1. The van der Waals surface area contributed by atoms with Crippen LogP contribution in [0.4, 0.5) is 5.69 Å². The van der Waals surface area contributed by atoms with Crippen molar-refractivity contribution in [1.82, 2.24) is 5.32 Å². The summed E-state index contributed by atoms with van der Waals surface area (Å²) >= 11 is 9.25. The van der Waals surface area contributed by atoms with Gasteiger partial charge in [0.05, 0.1) is 19.8 Å². The maximum atomic E-state index is 6.50. The molecule has 2 aliphatic rings. The lowest BCUT2D eigenvalue weighted by atomic mass is 9.90. The molecule has 0 aliphatic carbocycles. The Hall–Kier alpha value is -1.99. The molecule has 27 heavy (non-hydrogen) atoms. The summed E-state index contributed by atoms with van der Waals surface area (Å²) in [5, 5.41) is 4.11. The fourth-order valence-corrected chi connectivity index (χ4v) is 4.70. The van der Waals surface area contributed by atoms with E-state index in [1.165, 1.54) is 0 Å². The van der Waals surface area contributed by atoms with Crippen molar-refractivity contribution in [3.63, 3.8) is 0 Å². The van der Waals surface area contributed by atoms with Gasteiger partial charge in [0.2, 0.25) is 0 Å². The van der Waals surface area contributed by atoms with Gasteiger partial charge in [-0.05, 0) is 62.5 Å². The fourth-order valence-electron chi connectivity index (χ4n) is 3.80. The normalized spacial score (nSPS) is 23.2. The van der Waals surface area contributed by atoms with Crippen LogP contribution in [-0.4, -0.2) is 24.6 Å². The van der Waals surface area contributed by atoms with Crippen molar-refractivity contribution in [1.29, 1.82) is 0 Å². The standard InChI is InChI=1S/C20H21BrN2O3S/c1-4-25-14-7-5-13(6-8-14)23-19(27)22-16-11-20(23,2)26-18-15(16)9-12(21)10-17(18)24-3/h5-10,16H,4,11H2,1-3H3,(H,22,27). The zero-order valence-electron chi connectivity index (χ0n) is 15.4. The maximum Gasteiger partial charge on any atom is 0.188 e. The summed E-state index contributed by atoms with van der Waals surface area (Å²) in [6, 6.07) is 11.9. The summed E-state index contributed by atoms with van der Waals surface area (Å²) in [5.74, 6) is 2.29. The summed E-state index contributed by atoms with van der Waals surface area (Å²) < 4.78 is 18.6. The van der Waals surface area contributed by atoms with E-state index >= 15 is 0 Å². The van der Waals surface area contributed by atoms with Gasteiger partial charge >= 0.3 is 0 Å². The number of halogens is 1. The number of nitrogens with one attached hydrogen (secondary N) is 1. The molecule has 2 unspecified atom stereocenters. The third-order valence-electron chi connectivity index (χ3n) is 4.93. The first kappa shape index (κ1) is 18.4. The first-order valence-corrected chi connectivity index (χ1v) is 10.1. The number of hydrogen-bond acceptors (Lipinski definition) is 4. The second-order valence-corrected chi connectivity index (χ2v) is 8.07. The molecule has 0 aromatic heterocycles. The van der Waals surface area contributed by atoms with Gasteiger partial charge in [0.25, 0.3) is 0 Å². The molecule has 4 rings (SSSR count). The Morgan fingerprint density at radius 3 is 2.74 bits per heavy atom.